The van der Waals surface area contributed by atoms with E-state index >= 15 is 0 Å². The molecule has 0 unspecified atom stereocenters. The zero-order valence-electron chi connectivity index (χ0n) is 9.20. The van der Waals surface area contributed by atoms with Crippen molar-refractivity contribution in [2.45, 2.75) is 0 Å². The molecule has 1 N–H and O–H groups in total. The van der Waals surface area contributed by atoms with Crippen LogP contribution in [0.4, 0.5) is 14.5 Å². The van der Waals surface area contributed by atoms with Gasteiger partial charge in [-0.05, 0) is 18.2 Å². The topological polar surface area (TPSA) is 24.4 Å². The molecule has 2 aromatic carbocycles. The first-order chi connectivity index (χ1) is 8.66. The van der Waals surface area contributed by atoms with E-state index in [1.807, 2.05) is 24.3 Å². The zero-order chi connectivity index (χ0) is 13.0. The molecule has 0 atom stereocenters. The number of rotatable bonds is 3. The lowest BCUT2D eigenvalue weighted by Gasteiger charge is -2.02. The van der Waals surface area contributed by atoms with Crippen LogP contribution in [0.5, 0.6) is 0 Å². The van der Waals surface area contributed by atoms with Gasteiger partial charge in [-0.2, -0.15) is 5.10 Å². The summed E-state index contributed by atoms with van der Waals surface area (Å²) in [6.45, 7) is 0. The number of hydrogen-bond donors (Lipinski definition) is 1. The number of nitrogens with zero attached hydrogens (tertiary/aromatic N) is 1. The molecule has 0 aliphatic heterocycles. The van der Waals surface area contributed by atoms with E-state index in [9.17, 15) is 8.78 Å². The van der Waals surface area contributed by atoms with Crippen LogP contribution in [0.25, 0.3) is 0 Å². The summed E-state index contributed by atoms with van der Waals surface area (Å²) in [6.07, 6.45) is 1.55. The Morgan fingerprint density at radius 2 is 1.89 bits per heavy atom. The molecule has 0 heterocycles. The molecule has 0 aliphatic carbocycles. The van der Waals surface area contributed by atoms with Crippen LogP contribution in [0.15, 0.2) is 52.0 Å². The highest BCUT2D eigenvalue weighted by molar-refractivity contribution is 9.10. The van der Waals surface area contributed by atoms with E-state index in [4.69, 9.17) is 0 Å². The third-order valence-corrected chi connectivity index (χ3v) is 2.95. The maximum Gasteiger partial charge on any atom is 0.151 e. The number of benzene rings is 2. The molecule has 2 rings (SSSR count). The second kappa shape index (κ2) is 5.73. The summed E-state index contributed by atoms with van der Waals surface area (Å²) < 4.78 is 26.8. The maximum atomic E-state index is 13.3. The summed E-state index contributed by atoms with van der Waals surface area (Å²) in [7, 11) is 0. The maximum absolute atomic E-state index is 13.3. The van der Waals surface area contributed by atoms with Crippen molar-refractivity contribution >= 4 is 27.8 Å². The molecule has 0 aromatic heterocycles. The number of nitrogens with one attached hydrogen (secondary N) is 1. The molecule has 0 radical (unpaired) electrons. The first-order valence-electron chi connectivity index (χ1n) is 5.15. The summed E-state index contributed by atoms with van der Waals surface area (Å²) in [5.41, 5.74) is 3.50. The van der Waals surface area contributed by atoms with Crippen LogP contribution in [0.2, 0.25) is 0 Å². The van der Waals surface area contributed by atoms with E-state index in [-0.39, 0.29) is 5.69 Å². The molecule has 18 heavy (non-hydrogen) atoms. The predicted octanol–water partition coefficient (Wildman–Crippen LogP) is 4.17. The molecule has 0 saturated heterocycles. The van der Waals surface area contributed by atoms with Gasteiger partial charge in [0.1, 0.15) is 5.82 Å². The Kier molecular flexibility index (Phi) is 4.04. The van der Waals surface area contributed by atoms with Crippen molar-refractivity contribution < 1.29 is 8.78 Å². The van der Waals surface area contributed by atoms with Crippen LogP contribution in [0.3, 0.4) is 0 Å². The fourth-order valence-corrected chi connectivity index (χ4v) is 1.72. The van der Waals surface area contributed by atoms with E-state index in [1.165, 1.54) is 12.1 Å². The number of hydrogen-bond acceptors (Lipinski definition) is 2. The van der Waals surface area contributed by atoms with Crippen molar-refractivity contribution in [1.82, 2.24) is 0 Å². The molecule has 0 amide bonds. The van der Waals surface area contributed by atoms with Gasteiger partial charge < -0.3 is 0 Å². The average molecular weight is 311 g/mol. The molecular weight excluding hydrogens is 302 g/mol. The minimum atomic E-state index is -0.681. The largest absolute Gasteiger partial charge is 0.276 e. The summed E-state index contributed by atoms with van der Waals surface area (Å²) in [6, 6.07) is 10.7. The second-order valence-electron chi connectivity index (χ2n) is 3.52. The minimum absolute atomic E-state index is 0.125. The van der Waals surface area contributed by atoms with Crippen molar-refractivity contribution in [3.05, 3.63) is 64.1 Å². The van der Waals surface area contributed by atoms with E-state index < -0.39 is 11.6 Å². The van der Waals surface area contributed by atoms with Crippen LogP contribution < -0.4 is 5.43 Å². The van der Waals surface area contributed by atoms with Crippen molar-refractivity contribution in [3.8, 4) is 0 Å². The Morgan fingerprint density at radius 3 is 2.61 bits per heavy atom. The summed E-state index contributed by atoms with van der Waals surface area (Å²) in [4.78, 5) is 0. The Morgan fingerprint density at radius 1 is 1.11 bits per heavy atom. The van der Waals surface area contributed by atoms with E-state index in [0.29, 0.717) is 0 Å². The van der Waals surface area contributed by atoms with Crippen LogP contribution in [-0.2, 0) is 0 Å². The monoisotopic (exact) mass is 310 g/mol. The Bertz CT molecular complexity index is 585. The summed E-state index contributed by atoms with van der Waals surface area (Å²) in [5, 5.41) is 3.90. The SMILES string of the molecule is Fc1ccc(N/N=C\c2ccccc2Br)c(F)c1. The van der Waals surface area contributed by atoms with Crippen molar-refractivity contribution in [2.24, 2.45) is 5.10 Å². The summed E-state index contributed by atoms with van der Waals surface area (Å²) in [5.74, 6) is -1.30. The van der Waals surface area contributed by atoms with E-state index in [0.717, 1.165) is 16.1 Å². The molecular formula is C13H9BrF2N2. The normalized spacial score (nSPS) is 10.8. The lowest BCUT2D eigenvalue weighted by atomic mass is 10.2. The molecule has 0 aliphatic rings. The molecule has 0 spiro atoms. The van der Waals surface area contributed by atoms with Crippen molar-refractivity contribution in [1.29, 1.82) is 0 Å². The van der Waals surface area contributed by atoms with Gasteiger partial charge in [0, 0.05) is 16.1 Å². The quantitative estimate of drug-likeness (QED) is 0.667. The molecule has 5 heteroatoms. The fourth-order valence-electron chi connectivity index (χ4n) is 1.33. The fraction of sp³-hybridized carbons (Fsp3) is 0. The Balaban J connectivity index is 2.10. The molecule has 0 bridgehead atoms. The Hall–Kier alpha value is -1.75. The van der Waals surface area contributed by atoms with Crippen LogP contribution in [0, 0.1) is 11.6 Å². The molecule has 0 saturated carbocycles. The third-order valence-electron chi connectivity index (χ3n) is 2.22. The van der Waals surface area contributed by atoms with Crippen molar-refractivity contribution in [3.63, 3.8) is 0 Å². The van der Waals surface area contributed by atoms with E-state index in [2.05, 4.69) is 26.5 Å². The Labute approximate surface area is 111 Å². The van der Waals surface area contributed by atoms with Gasteiger partial charge in [0.25, 0.3) is 0 Å². The van der Waals surface area contributed by atoms with Gasteiger partial charge in [0.15, 0.2) is 5.82 Å². The summed E-state index contributed by atoms with van der Waals surface area (Å²) >= 11 is 3.36. The number of halogens is 3. The highest BCUT2D eigenvalue weighted by atomic mass is 79.9. The van der Waals surface area contributed by atoms with Crippen LogP contribution >= 0.6 is 15.9 Å². The standard InChI is InChI=1S/C13H9BrF2N2/c14-11-4-2-1-3-9(11)8-17-18-13-6-5-10(15)7-12(13)16/h1-8,18H/b17-8-. The number of hydrazone groups is 1. The van der Waals surface area contributed by atoms with Gasteiger partial charge in [-0.1, -0.05) is 34.1 Å². The zero-order valence-corrected chi connectivity index (χ0v) is 10.8. The lowest BCUT2D eigenvalue weighted by Crippen LogP contribution is -1.94. The second-order valence-corrected chi connectivity index (χ2v) is 4.37. The lowest BCUT2D eigenvalue weighted by molar-refractivity contribution is 0.585. The minimum Gasteiger partial charge on any atom is -0.276 e. The first-order valence-corrected chi connectivity index (χ1v) is 5.95. The average Bonchev–Trinajstić information content (AvgIpc) is 2.34. The first kappa shape index (κ1) is 12.7. The predicted molar refractivity (Wildman–Crippen MR) is 71.7 cm³/mol. The number of anilines is 1. The molecule has 0 fully saturated rings. The van der Waals surface area contributed by atoms with E-state index in [1.54, 1.807) is 6.21 Å². The van der Waals surface area contributed by atoms with Gasteiger partial charge in [0.2, 0.25) is 0 Å². The molecule has 2 nitrogen and oxygen atoms in total. The van der Waals surface area contributed by atoms with Gasteiger partial charge in [0.05, 0.1) is 11.9 Å². The smallest absolute Gasteiger partial charge is 0.151 e. The van der Waals surface area contributed by atoms with Gasteiger partial charge in [-0.15, -0.1) is 0 Å². The van der Waals surface area contributed by atoms with Crippen LogP contribution in [0.1, 0.15) is 5.56 Å². The molecule has 92 valence electrons. The highest BCUT2D eigenvalue weighted by Gasteiger charge is 2.01. The molecule has 2 aromatic rings. The van der Waals surface area contributed by atoms with Gasteiger partial charge in [-0.25, -0.2) is 8.78 Å². The van der Waals surface area contributed by atoms with Gasteiger partial charge in [-0.3, -0.25) is 5.43 Å². The van der Waals surface area contributed by atoms with Gasteiger partial charge >= 0.3 is 0 Å². The van der Waals surface area contributed by atoms with Crippen LogP contribution in [-0.4, -0.2) is 6.21 Å². The highest BCUT2D eigenvalue weighted by Crippen LogP contribution is 2.16. The third kappa shape index (κ3) is 3.13. The van der Waals surface area contributed by atoms with Crippen molar-refractivity contribution in [2.75, 3.05) is 5.43 Å².